The van der Waals surface area contributed by atoms with Crippen LogP contribution in [0.1, 0.15) is 19.8 Å². The number of thiol groups is 1. The summed E-state index contributed by atoms with van der Waals surface area (Å²) in [5.41, 5.74) is 0. The first-order valence-electron chi connectivity index (χ1n) is 2.93. The molecule has 0 radical (unpaired) electrons. The highest BCUT2D eigenvalue weighted by molar-refractivity contribution is 7.81. The Bertz CT molecular complexity index is 107. The fourth-order valence-electron chi connectivity index (χ4n) is 0.516. The minimum Gasteiger partial charge on any atom is -0.361 e. The lowest BCUT2D eigenvalue weighted by molar-refractivity contribution is -0.311. The summed E-state index contributed by atoms with van der Waals surface area (Å²) in [7, 11) is 0. The van der Waals surface area contributed by atoms with Gasteiger partial charge in [0.25, 0.3) is 5.12 Å². The third-order valence-corrected chi connectivity index (χ3v) is 1.49. The van der Waals surface area contributed by atoms with Crippen molar-refractivity contribution in [2.24, 2.45) is 0 Å². The van der Waals surface area contributed by atoms with Gasteiger partial charge in [-0.05, 0) is 0 Å². The van der Waals surface area contributed by atoms with E-state index in [9.17, 15) is 0 Å². The Kier molecular flexibility index (Phi) is 3.12. The number of rotatable bonds is 3. The highest BCUT2D eigenvalue weighted by Crippen LogP contribution is 2.24. The molecule has 0 saturated carbocycles. The van der Waals surface area contributed by atoms with Crippen molar-refractivity contribution < 1.29 is 20.4 Å². The predicted molar refractivity (Wildman–Crippen MR) is 38.2 cm³/mol. The standard InChI is InChI=1S/C5H12O4S/c1-2-3-4(6,7)5(8,9)10/h6-10H,2-3H2,1H3. The summed E-state index contributed by atoms with van der Waals surface area (Å²) >= 11 is 3.18. The highest BCUT2D eigenvalue weighted by atomic mass is 32.1. The number of aliphatic hydroxyl groups is 4. The van der Waals surface area contributed by atoms with Crippen LogP contribution in [0.25, 0.3) is 0 Å². The molecule has 0 aromatic heterocycles. The molecule has 0 aliphatic carbocycles. The molecule has 0 rings (SSSR count). The van der Waals surface area contributed by atoms with Crippen molar-refractivity contribution in [1.29, 1.82) is 0 Å². The summed E-state index contributed by atoms with van der Waals surface area (Å²) in [6.45, 7) is 1.68. The molecular formula is C5H12O4S. The Morgan fingerprint density at radius 1 is 1.20 bits per heavy atom. The summed E-state index contributed by atoms with van der Waals surface area (Å²) in [5, 5.41) is 32.1. The van der Waals surface area contributed by atoms with Gasteiger partial charge in [-0.2, -0.15) is 0 Å². The van der Waals surface area contributed by atoms with Gasteiger partial charge >= 0.3 is 0 Å². The molecule has 0 aliphatic heterocycles. The minimum atomic E-state index is -2.75. The average Bonchev–Trinajstić information content (AvgIpc) is 1.61. The normalized spacial score (nSPS) is 13.8. The molecule has 10 heavy (non-hydrogen) atoms. The first-order chi connectivity index (χ1) is 4.31. The van der Waals surface area contributed by atoms with Crippen molar-refractivity contribution in [3.8, 4) is 0 Å². The van der Waals surface area contributed by atoms with Crippen LogP contribution in [0.15, 0.2) is 0 Å². The maximum Gasteiger partial charge on any atom is 0.266 e. The molecule has 62 valence electrons. The van der Waals surface area contributed by atoms with Gasteiger partial charge in [0.1, 0.15) is 0 Å². The lowest BCUT2D eigenvalue weighted by atomic mass is 10.1. The largest absolute Gasteiger partial charge is 0.361 e. The van der Waals surface area contributed by atoms with Crippen molar-refractivity contribution >= 4 is 12.6 Å². The molecule has 0 atom stereocenters. The van der Waals surface area contributed by atoms with E-state index in [-0.39, 0.29) is 6.42 Å². The molecule has 0 bridgehead atoms. The van der Waals surface area contributed by atoms with E-state index in [1.54, 1.807) is 6.92 Å². The summed E-state index contributed by atoms with van der Waals surface area (Å²) in [4.78, 5) is 0. The minimum absolute atomic E-state index is 0.135. The maximum atomic E-state index is 8.83. The van der Waals surface area contributed by atoms with Crippen LogP contribution in [0.3, 0.4) is 0 Å². The zero-order valence-corrected chi connectivity index (χ0v) is 6.54. The van der Waals surface area contributed by atoms with Gasteiger partial charge < -0.3 is 20.4 Å². The van der Waals surface area contributed by atoms with Crippen LogP contribution in [-0.2, 0) is 0 Å². The molecule has 0 aliphatic rings. The van der Waals surface area contributed by atoms with E-state index in [2.05, 4.69) is 12.6 Å². The summed E-state index contributed by atoms with van der Waals surface area (Å²) in [6, 6.07) is 0. The van der Waals surface area contributed by atoms with Gasteiger partial charge in [0.2, 0.25) is 5.79 Å². The SMILES string of the molecule is CCCC(O)(O)C(O)(O)S. The molecule has 0 aromatic rings. The predicted octanol–water partition coefficient (Wildman–Crippen LogP) is -0.964. The van der Waals surface area contributed by atoms with Gasteiger partial charge in [0.05, 0.1) is 0 Å². The van der Waals surface area contributed by atoms with Crippen LogP contribution in [0.2, 0.25) is 0 Å². The van der Waals surface area contributed by atoms with Crippen LogP contribution in [0.4, 0.5) is 0 Å². The van der Waals surface area contributed by atoms with Crippen molar-refractivity contribution in [1.82, 2.24) is 0 Å². The second-order valence-electron chi connectivity index (χ2n) is 2.20. The molecule has 0 unspecified atom stereocenters. The zero-order valence-electron chi connectivity index (χ0n) is 5.65. The van der Waals surface area contributed by atoms with Gasteiger partial charge in [0.15, 0.2) is 0 Å². The van der Waals surface area contributed by atoms with E-state index in [1.807, 2.05) is 0 Å². The molecule has 0 amide bonds. The Balaban J connectivity index is 4.10. The molecule has 5 heteroatoms. The van der Waals surface area contributed by atoms with Crippen LogP contribution in [-0.4, -0.2) is 31.3 Å². The van der Waals surface area contributed by atoms with Crippen LogP contribution in [0.5, 0.6) is 0 Å². The first-order valence-corrected chi connectivity index (χ1v) is 3.38. The fourth-order valence-corrected chi connectivity index (χ4v) is 0.628. The fraction of sp³-hybridized carbons (Fsp3) is 1.00. The maximum absolute atomic E-state index is 8.83. The third-order valence-electron chi connectivity index (χ3n) is 1.14. The van der Waals surface area contributed by atoms with Crippen molar-refractivity contribution in [2.45, 2.75) is 30.7 Å². The molecule has 0 spiro atoms. The van der Waals surface area contributed by atoms with E-state index in [1.165, 1.54) is 0 Å². The van der Waals surface area contributed by atoms with E-state index < -0.39 is 10.9 Å². The van der Waals surface area contributed by atoms with Crippen molar-refractivity contribution in [3.05, 3.63) is 0 Å². The van der Waals surface area contributed by atoms with E-state index in [0.29, 0.717) is 6.42 Å². The van der Waals surface area contributed by atoms with E-state index in [4.69, 9.17) is 20.4 Å². The Hall–Kier alpha value is 0.190. The van der Waals surface area contributed by atoms with Gasteiger partial charge in [0, 0.05) is 6.42 Å². The summed E-state index contributed by atoms with van der Waals surface area (Å²) < 4.78 is 0. The highest BCUT2D eigenvalue weighted by Gasteiger charge is 2.43. The van der Waals surface area contributed by atoms with E-state index >= 15 is 0 Å². The van der Waals surface area contributed by atoms with Crippen molar-refractivity contribution in [2.75, 3.05) is 0 Å². The smallest absolute Gasteiger partial charge is 0.266 e. The van der Waals surface area contributed by atoms with Crippen molar-refractivity contribution in [3.63, 3.8) is 0 Å². The van der Waals surface area contributed by atoms with Gasteiger partial charge in [-0.25, -0.2) is 0 Å². The number of hydrogen-bond acceptors (Lipinski definition) is 5. The first kappa shape index (κ1) is 10.2. The Labute approximate surface area is 64.5 Å². The van der Waals surface area contributed by atoms with Gasteiger partial charge in [-0.3, -0.25) is 0 Å². The molecule has 0 heterocycles. The average molecular weight is 168 g/mol. The Morgan fingerprint density at radius 3 is 1.70 bits per heavy atom. The van der Waals surface area contributed by atoms with Gasteiger partial charge in [-0.15, -0.1) is 12.6 Å². The lowest BCUT2D eigenvalue weighted by Crippen LogP contribution is -2.50. The molecule has 0 aromatic carbocycles. The second-order valence-corrected chi connectivity index (χ2v) is 2.83. The number of hydrogen-bond donors (Lipinski definition) is 5. The van der Waals surface area contributed by atoms with Crippen LogP contribution >= 0.6 is 12.6 Å². The summed E-state index contributed by atoms with van der Waals surface area (Å²) in [5.74, 6) is -2.54. The molecule has 0 saturated heterocycles. The third kappa shape index (κ3) is 2.43. The molecule has 4 nitrogen and oxygen atoms in total. The zero-order chi connectivity index (χ0) is 8.41. The lowest BCUT2D eigenvalue weighted by Gasteiger charge is -2.30. The molecule has 4 N–H and O–H groups in total. The van der Waals surface area contributed by atoms with Gasteiger partial charge in [-0.1, -0.05) is 13.3 Å². The monoisotopic (exact) mass is 168 g/mol. The van der Waals surface area contributed by atoms with Crippen LogP contribution in [0, 0.1) is 0 Å². The second kappa shape index (κ2) is 3.06. The quantitative estimate of drug-likeness (QED) is 0.277. The van der Waals surface area contributed by atoms with Crippen LogP contribution < -0.4 is 0 Å². The molecular weight excluding hydrogens is 156 g/mol. The van der Waals surface area contributed by atoms with E-state index in [0.717, 1.165) is 0 Å². The Morgan fingerprint density at radius 2 is 1.60 bits per heavy atom. The topological polar surface area (TPSA) is 80.9 Å². The summed E-state index contributed by atoms with van der Waals surface area (Å²) in [6.07, 6.45) is 0.292. The molecule has 0 fully saturated rings.